The zero-order chi connectivity index (χ0) is 12.5. The van der Waals surface area contributed by atoms with Crippen LogP contribution >= 0.6 is 11.3 Å². The van der Waals surface area contributed by atoms with Crippen molar-refractivity contribution in [2.24, 2.45) is 0 Å². The molecule has 0 saturated carbocycles. The fraction of sp³-hybridized carbons (Fsp3) is 0.583. The third-order valence-corrected chi connectivity index (χ3v) is 4.16. The van der Waals surface area contributed by atoms with Gasteiger partial charge in [0.25, 0.3) is 0 Å². The van der Waals surface area contributed by atoms with Gasteiger partial charge in [-0.2, -0.15) is 0 Å². The van der Waals surface area contributed by atoms with Crippen LogP contribution < -0.4 is 0 Å². The van der Waals surface area contributed by atoms with Crippen LogP contribution in [-0.4, -0.2) is 31.3 Å². The summed E-state index contributed by atoms with van der Waals surface area (Å²) in [4.78, 5) is 5.33. The van der Waals surface area contributed by atoms with E-state index in [-0.39, 0.29) is 0 Å². The minimum Gasteiger partial charge on any atom is -0.390 e. The fourth-order valence-electron chi connectivity index (χ4n) is 1.98. The van der Waals surface area contributed by atoms with E-state index in [0.717, 1.165) is 10.7 Å². The Morgan fingerprint density at radius 3 is 2.76 bits per heavy atom. The van der Waals surface area contributed by atoms with E-state index in [4.69, 9.17) is 0 Å². The summed E-state index contributed by atoms with van der Waals surface area (Å²) < 4.78 is 1.93. The van der Waals surface area contributed by atoms with Crippen molar-refractivity contribution < 1.29 is 10.2 Å². The van der Waals surface area contributed by atoms with Gasteiger partial charge in [-0.1, -0.05) is 13.8 Å². The number of fused-ring (bicyclic) bond motifs is 1. The topological polar surface area (TPSA) is 57.8 Å². The molecule has 1 unspecified atom stereocenters. The smallest absolute Gasteiger partial charge is 0.193 e. The van der Waals surface area contributed by atoms with Gasteiger partial charge < -0.3 is 10.2 Å². The number of imidazole rings is 1. The highest BCUT2D eigenvalue weighted by atomic mass is 32.1. The fourth-order valence-corrected chi connectivity index (χ4v) is 2.70. The summed E-state index contributed by atoms with van der Waals surface area (Å²) in [6, 6.07) is 0. The van der Waals surface area contributed by atoms with E-state index in [0.29, 0.717) is 19.3 Å². The molecule has 0 aliphatic carbocycles. The summed E-state index contributed by atoms with van der Waals surface area (Å²) in [6.07, 6.45) is 4.57. The predicted octanol–water partition coefficient (Wildman–Crippen LogP) is 1.85. The maximum Gasteiger partial charge on any atom is 0.193 e. The second kappa shape index (κ2) is 4.76. The van der Waals surface area contributed by atoms with Gasteiger partial charge in [0.15, 0.2) is 4.96 Å². The number of hydrogen-bond acceptors (Lipinski definition) is 4. The van der Waals surface area contributed by atoms with E-state index >= 15 is 0 Å². The summed E-state index contributed by atoms with van der Waals surface area (Å²) in [7, 11) is 0. The van der Waals surface area contributed by atoms with Gasteiger partial charge in [0.1, 0.15) is 0 Å². The highest BCUT2D eigenvalue weighted by molar-refractivity contribution is 7.15. The number of nitrogens with zero attached hydrogens (tertiary/aromatic N) is 2. The van der Waals surface area contributed by atoms with Crippen molar-refractivity contribution in [1.82, 2.24) is 9.38 Å². The average Bonchev–Trinajstić information content (AvgIpc) is 2.88. The average molecular weight is 254 g/mol. The van der Waals surface area contributed by atoms with Crippen LogP contribution in [0, 0.1) is 0 Å². The molecule has 0 aliphatic heterocycles. The third-order valence-electron chi connectivity index (χ3n) is 3.39. The Balaban J connectivity index is 2.13. The molecular formula is C12H18N2O2S. The van der Waals surface area contributed by atoms with Gasteiger partial charge in [-0.25, -0.2) is 4.98 Å². The van der Waals surface area contributed by atoms with E-state index in [1.54, 1.807) is 11.3 Å². The first kappa shape index (κ1) is 12.5. The Morgan fingerprint density at radius 2 is 2.18 bits per heavy atom. The number of hydrogen-bond donors (Lipinski definition) is 2. The standard InChI is InChI=1S/C12H18N2O2S/c1-3-12(16,4-2)10(15)7-9-8-14-5-6-17-11(14)13-9/h5-6,8,10,15-16H,3-4,7H2,1-2H3. The lowest BCUT2D eigenvalue weighted by molar-refractivity contribution is -0.0793. The Morgan fingerprint density at radius 1 is 1.47 bits per heavy atom. The molecule has 1 atom stereocenters. The Hall–Kier alpha value is -0.910. The highest BCUT2D eigenvalue weighted by Gasteiger charge is 2.32. The zero-order valence-corrected chi connectivity index (χ0v) is 10.9. The Labute approximate surface area is 105 Å². The largest absolute Gasteiger partial charge is 0.390 e. The van der Waals surface area contributed by atoms with Gasteiger partial charge in [0, 0.05) is 24.2 Å². The molecule has 0 aromatic carbocycles. The lowest BCUT2D eigenvalue weighted by Crippen LogP contribution is -2.42. The van der Waals surface area contributed by atoms with Crippen molar-refractivity contribution in [2.45, 2.75) is 44.8 Å². The van der Waals surface area contributed by atoms with E-state index in [9.17, 15) is 10.2 Å². The minimum atomic E-state index is -1.00. The van der Waals surface area contributed by atoms with Gasteiger partial charge in [0.05, 0.1) is 17.4 Å². The minimum absolute atomic E-state index is 0.395. The van der Waals surface area contributed by atoms with E-state index in [2.05, 4.69) is 4.98 Å². The number of aromatic nitrogens is 2. The van der Waals surface area contributed by atoms with Gasteiger partial charge in [0.2, 0.25) is 0 Å². The predicted molar refractivity (Wildman–Crippen MR) is 68.3 cm³/mol. The molecule has 2 aromatic rings. The third kappa shape index (κ3) is 2.36. The summed E-state index contributed by atoms with van der Waals surface area (Å²) in [5.74, 6) is 0. The molecule has 2 N–H and O–H groups in total. The highest BCUT2D eigenvalue weighted by Crippen LogP contribution is 2.23. The second-order valence-electron chi connectivity index (χ2n) is 4.36. The van der Waals surface area contributed by atoms with Gasteiger partial charge >= 0.3 is 0 Å². The molecule has 4 nitrogen and oxygen atoms in total. The van der Waals surface area contributed by atoms with Crippen LogP contribution in [0.1, 0.15) is 32.4 Å². The van der Waals surface area contributed by atoms with Crippen LogP contribution in [0.2, 0.25) is 0 Å². The maximum absolute atomic E-state index is 10.2. The number of aliphatic hydroxyl groups excluding tert-OH is 1. The molecule has 0 fully saturated rings. The van der Waals surface area contributed by atoms with E-state index < -0.39 is 11.7 Å². The molecule has 94 valence electrons. The number of thiazole rings is 1. The van der Waals surface area contributed by atoms with Gasteiger partial charge in [-0.15, -0.1) is 11.3 Å². The van der Waals surface area contributed by atoms with Gasteiger partial charge in [-0.05, 0) is 12.8 Å². The van der Waals surface area contributed by atoms with Crippen molar-refractivity contribution >= 4 is 16.3 Å². The molecule has 2 rings (SSSR count). The number of rotatable bonds is 5. The van der Waals surface area contributed by atoms with Crippen LogP contribution in [0.3, 0.4) is 0 Å². The first-order chi connectivity index (χ1) is 8.09. The van der Waals surface area contributed by atoms with Crippen molar-refractivity contribution in [3.63, 3.8) is 0 Å². The Bertz CT molecular complexity index is 459. The van der Waals surface area contributed by atoms with Crippen LogP contribution in [0.25, 0.3) is 4.96 Å². The molecule has 0 saturated heterocycles. The molecule has 5 heteroatoms. The molecule has 2 heterocycles. The molecule has 0 aliphatic rings. The first-order valence-corrected chi connectivity index (χ1v) is 6.78. The van der Waals surface area contributed by atoms with E-state index in [1.165, 1.54) is 0 Å². The Kier molecular flexibility index (Phi) is 3.51. The molecule has 0 bridgehead atoms. The molecule has 17 heavy (non-hydrogen) atoms. The zero-order valence-electron chi connectivity index (χ0n) is 10.1. The summed E-state index contributed by atoms with van der Waals surface area (Å²) in [5, 5.41) is 22.3. The van der Waals surface area contributed by atoms with Gasteiger partial charge in [-0.3, -0.25) is 4.40 Å². The second-order valence-corrected chi connectivity index (χ2v) is 5.23. The van der Waals surface area contributed by atoms with Crippen molar-refractivity contribution in [3.8, 4) is 0 Å². The monoisotopic (exact) mass is 254 g/mol. The molecule has 0 radical (unpaired) electrons. The first-order valence-electron chi connectivity index (χ1n) is 5.90. The molecule has 0 spiro atoms. The lowest BCUT2D eigenvalue weighted by Gasteiger charge is -2.30. The normalized spacial score (nSPS) is 14.4. The molecule has 0 amide bonds. The summed E-state index contributed by atoms with van der Waals surface area (Å²) in [5.41, 5.74) is -0.179. The van der Waals surface area contributed by atoms with Crippen molar-refractivity contribution in [1.29, 1.82) is 0 Å². The molecular weight excluding hydrogens is 236 g/mol. The van der Waals surface area contributed by atoms with Crippen molar-refractivity contribution in [3.05, 3.63) is 23.5 Å². The molecule has 2 aromatic heterocycles. The maximum atomic E-state index is 10.2. The van der Waals surface area contributed by atoms with Crippen LogP contribution in [0.5, 0.6) is 0 Å². The van der Waals surface area contributed by atoms with Crippen LogP contribution in [0.4, 0.5) is 0 Å². The summed E-state index contributed by atoms with van der Waals surface area (Å²) in [6.45, 7) is 3.77. The van der Waals surface area contributed by atoms with Crippen LogP contribution in [0.15, 0.2) is 17.8 Å². The summed E-state index contributed by atoms with van der Waals surface area (Å²) >= 11 is 1.56. The lowest BCUT2D eigenvalue weighted by atomic mass is 9.88. The van der Waals surface area contributed by atoms with Crippen molar-refractivity contribution in [2.75, 3.05) is 0 Å². The quantitative estimate of drug-likeness (QED) is 0.856. The van der Waals surface area contributed by atoms with E-state index in [1.807, 2.05) is 36.0 Å². The number of aliphatic hydroxyl groups is 2. The SMILES string of the molecule is CCC(O)(CC)C(O)Cc1cn2ccsc2n1. The van der Waals surface area contributed by atoms with Crippen LogP contribution in [-0.2, 0) is 6.42 Å².